The molecule has 0 saturated carbocycles. The molecular formula is C5H11Cl2P. The van der Waals surface area contributed by atoms with Crippen LogP contribution in [0.4, 0.5) is 0 Å². The second-order valence-corrected chi connectivity index (χ2v) is 3.53. The summed E-state index contributed by atoms with van der Waals surface area (Å²) in [4.78, 5) is -0.161. The number of unbranched alkanes of at least 4 members (excludes halogenated alkanes) is 1. The van der Waals surface area contributed by atoms with Gasteiger partial charge in [-0.2, -0.15) is 0 Å². The molecule has 0 N–H and O–H groups in total. The number of hydrogen-bond acceptors (Lipinski definition) is 0. The lowest BCUT2D eigenvalue weighted by Gasteiger charge is -1.96. The van der Waals surface area contributed by atoms with Crippen molar-refractivity contribution < 1.29 is 0 Å². The molecule has 3 heteroatoms. The Balaban J connectivity index is 2.72. The van der Waals surface area contributed by atoms with E-state index in [2.05, 4.69) is 9.24 Å². The van der Waals surface area contributed by atoms with E-state index >= 15 is 0 Å². The Hall–Kier alpha value is 1.01. The van der Waals surface area contributed by atoms with Gasteiger partial charge in [-0.05, 0) is 19.0 Å². The van der Waals surface area contributed by atoms with E-state index in [0.29, 0.717) is 0 Å². The molecule has 0 aliphatic heterocycles. The first-order chi connectivity index (χ1) is 3.77. The summed E-state index contributed by atoms with van der Waals surface area (Å²) in [6.45, 7) is 0. The van der Waals surface area contributed by atoms with Gasteiger partial charge in [0, 0.05) is 0 Å². The van der Waals surface area contributed by atoms with Crippen LogP contribution in [0.2, 0.25) is 0 Å². The SMILES string of the molecule is PCCCCC(Cl)Cl. The van der Waals surface area contributed by atoms with E-state index in [4.69, 9.17) is 23.2 Å². The molecule has 0 fully saturated rings. The first-order valence-electron chi connectivity index (χ1n) is 2.75. The van der Waals surface area contributed by atoms with Crippen LogP contribution >= 0.6 is 32.4 Å². The third kappa shape index (κ3) is 7.01. The highest BCUT2D eigenvalue weighted by atomic mass is 35.5. The zero-order valence-electron chi connectivity index (χ0n) is 4.74. The molecule has 1 atom stereocenters. The normalized spacial score (nSPS) is 10.5. The van der Waals surface area contributed by atoms with Crippen molar-refractivity contribution in [3.05, 3.63) is 0 Å². The Kier molecular flexibility index (Phi) is 6.91. The monoisotopic (exact) mass is 172 g/mol. The lowest BCUT2D eigenvalue weighted by Crippen LogP contribution is -1.86. The highest BCUT2D eigenvalue weighted by Crippen LogP contribution is 2.11. The summed E-state index contributed by atoms with van der Waals surface area (Å²) in [7, 11) is 2.67. The molecule has 0 aliphatic rings. The molecule has 0 aliphatic carbocycles. The van der Waals surface area contributed by atoms with Crippen LogP contribution < -0.4 is 0 Å². The molecule has 0 bridgehead atoms. The van der Waals surface area contributed by atoms with Gasteiger partial charge in [0.25, 0.3) is 0 Å². The molecule has 1 unspecified atom stereocenters. The predicted octanol–water partition coefficient (Wildman–Crippen LogP) is 2.84. The van der Waals surface area contributed by atoms with Crippen LogP contribution in [0.1, 0.15) is 19.3 Å². The molecule has 0 aromatic rings. The van der Waals surface area contributed by atoms with Gasteiger partial charge in [-0.25, -0.2) is 0 Å². The molecule has 8 heavy (non-hydrogen) atoms. The third-order valence-electron chi connectivity index (χ3n) is 0.876. The van der Waals surface area contributed by atoms with E-state index in [1.807, 2.05) is 0 Å². The Labute approximate surface area is 63.1 Å². The molecule has 0 rings (SSSR count). The van der Waals surface area contributed by atoms with Crippen molar-refractivity contribution in [2.24, 2.45) is 0 Å². The zero-order chi connectivity index (χ0) is 6.41. The lowest BCUT2D eigenvalue weighted by atomic mass is 10.3. The highest BCUT2D eigenvalue weighted by molar-refractivity contribution is 7.16. The zero-order valence-corrected chi connectivity index (χ0v) is 7.41. The smallest absolute Gasteiger partial charge is 0.107 e. The van der Waals surface area contributed by atoms with Gasteiger partial charge in [-0.3, -0.25) is 0 Å². The Morgan fingerprint density at radius 3 is 2.25 bits per heavy atom. The fourth-order valence-electron chi connectivity index (χ4n) is 0.443. The molecule has 0 radical (unpaired) electrons. The maximum Gasteiger partial charge on any atom is 0.107 e. The molecular weight excluding hydrogens is 162 g/mol. The third-order valence-corrected chi connectivity index (χ3v) is 1.72. The standard InChI is InChI=1S/C5H11Cl2P/c6-5(7)3-1-2-4-8/h5H,1-4,8H2. The van der Waals surface area contributed by atoms with Gasteiger partial charge in [0.05, 0.1) is 0 Å². The van der Waals surface area contributed by atoms with Gasteiger partial charge >= 0.3 is 0 Å². The largest absolute Gasteiger partial charge is 0.138 e. The van der Waals surface area contributed by atoms with Gasteiger partial charge in [0.2, 0.25) is 0 Å². The molecule has 50 valence electrons. The summed E-state index contributed by atoms with van der Waals surface area (Å²) in [5, 5.41) is 0. The summed E-state index contributed by atoms with van der Waals surface area (Å²) in [6, 6.07) is 0. The average molecular weight is 173 g/mol. The van der Waals surface area contributed by atoms with Crippen molar-refractivity contribution in [2.75, 3.05) is 6.16 Å². The predicted molar refractivity (Wildman–Crippen MR) is 43.9 cm³/mol. The van der Waals surface area contributed by atoms with E-state index in [-0.39, 0.29) is 4.84 Å². The van der Waals surface area contributed by atoms with E-state index < -0.39 is 0 Å². The van der Waals surface area contributed by atoms with Crippen LogP contribution in [0.5, 0.6) is 0 Å². The summed E-state index contributed by atoms with van der Waals surface area (Å²) < 4.78 is 0. The first kappa shape index (κ1) is 9.01. The molecule has 0 amide bonds. The van der Waals surface area contributed by atoms with E-state index in [9.17, 15) is 0 Å². The molecule has 0 aromatic heterocycles. The second-order valence-electron chi connectivity index (χ2n) is 1.68. The average Bonchev–Trinajstić information content (AvgIpc) is 1.66. The Morgan fingerprint density at radius 1 is 1.25 bits per heavy atom. The number of rotatable bonds is 4. The maximum atomic E-state index is 5.47. The van der Waals surface area contributed by atoms with Crippen molar-refractivity contribution in [1.29, 1.82) is 0 Å². The summed E-state index contributed by atoms with van der Waals surface area (Å²) in [6.07, 6.45) is 4.43. The van der Waals surface area contributed by atoms with Crippen LogP contribution in [0, 0.1) is 0 Å². The van der Waals surface area contributed by atoms with Gasteiger partial charge in [0.15, 0.2) is 0 Å². The van der Waals surface area contributed by atoms with Crippen molar-refractivity contribution in [2.45, 2.75) is 24.1 Å². The first-order valence-corrected chi connectivity index (χ1v) is 4.44. The van der Waals surface area contributed by atoms with Crippen LogP contribution in [0.25, 0.3) is 0 Å². The Bertz CT molecular complexity index is 47.7. The summed E-state index contributed by atoms with van der Waals surface area (Å²) >= 11 is 10.9. The summed E-state index contributed by atoms with van der Waals surface area (Å²) in [5.74, 6) is 0. The highest BCUT2D eigenvalue weighted by Gasteiger charge is 1.95. The van der Waals surface area contributed by atoms with Gasteiger partial charge in [0.1, 0.15) is 4.84 Å². The molecule has 0 saturated heterocycles. The van der Waals surface area contributed by atoms with Crippen molar-refractivity contribution >= 4 is 32.4 Å². The van der Waals surface area contributed by atoms with Crippen molar-refractivity contribution in [1.82, 2.24) is 0 Å². The fourth-order valence-corrected chi connectivity index (χ4v) is 1.04. The molecule has 0 nitrogen and oxygen atoms in total. The van der Waals surface area contributed by atoms with E-state index in [1.54, 1.807) is 0 Å². The van der Waals surface area contributed by atoms with Crippen LogP contribution in [0.15, 0.2) is 0 Å². The lowest BCUT2D eigenvalue weighted by molar-refractivity contribution is 0.763. The van der Waals surface area contributed by atoms with Crippen LogP contribution in [0.3, 0.4) is 0 Å². The summed E-state index contributed by atoms with van der Waals surface area (Å²) in [5.41, 5.74) is 0. The minimum absolute atomic E-state index is 0.161. The minimum Gasteiger partial charge on any atom is -0.138 e. The van der Waals surface area contributed by atoms with E-state index in [1.165, 1.54) is 6.42 Å². The number of hydrogen-bond donors (Lipinski definition) is 0. The number of alkyl halides is 2. The second kappa shape index (κ2) is 6.13. The molecule has 0 heterocycles. The van der Waals surface area contributed by atoms with Gasteiger partial charge in [-0.1, -0.05) is 6.42 Å². The molecule has 0 aromatic carbocycles. The van der Waals surface area contributed by atoms with Gasteiger partial charge < -0.3 is 0 Å². The fraction of sp³-hybridized carbons (Fsp3) is 1.00. The minimum atomic E-state index is -0.161. The van der Waals surface area contributed by atoms with E-state index in [0.717, 1.165) is 19.0 Å². The van der Waals surface area contributed by atoms with Gasteiger partial charge in [-0.15, -0.1) is 32.4 Å². The van der Waals surface area contributed by atoms with Crippen molar-refractivity contribution in [3.8, 4) is 0 Å². The molecule has 0 spiro atoms. The number of halogens is 2. The quantitative estimate of drug-likeness (QED) is 0.348. The Morgan fingerprint density at radius 2 is 1.88 bits per heavy atom. The van der Waals surface area contributed by atoms with Crippen LogP contribution in [-0.4, -0.2) is 11.0 Å². The topological polar surface area (TPSA) is 0 Å². The maximum absolute atomic E-state index is 5.47. The van der Waals surface area contributed by atoms with Crippen molar-refractivity contribution in [3.63, 3.8) is 0 Å². The van der Waals surface area contributed by atoms with Crippen LogP contribution in [-0.2, 0) is 0 Å².